The van der Waals surface area contributed by atoms with E-state index in [-0.39, 0.29) is 0 Å². The van der Waals surface area contributed by atoms with Crippen molar-refractivity contribution in [3.8, 4) is 0 Å². The molecule has 0 aromatic heterocycles. The monoisotopic (exact) mass is 185 g/mol. The van der Waals surface area contributed by atoms with Gasteiger partial charge in [0.2, 0.25) is 0 Å². The number of nitrogens with one attached hydrogen (secondary N) is 1. The molecule has 1 heteroatoms. The summed E-state index contributed by atoms with van der Waals surface area (Å²) in [6, 6.07) is 15.5. The first-order valence-electron chi connectivity index (χ1n) is 4.97. The fraction of sp³-hybridized carbons (Fsp3) is 0.231. The van der Waals surface area contributed by atoms with E-state index >= 15 is 0 Å². The second-order valence-corrected chi connectivity index (χ2v) is 3.62. The average molecular weight is 185 g/mol. The molecule has 0 unspecified atom stereocenters. The normalized spacial score (nSPS) is 13.0. The van der Waals surface area contributed by atoms with Gasteiger partial charge in [0.1, 0.15) is 0 Å². The first-order valence-corrected chi connectivity index (χ1v) is 4.97. The Hall–Kier alpha value is -1.34. The van der Waals surface area contributed by atoms with Crippen molar-refractivity contribution in [3.05, 3.63) is 48.0 Å². The maximum atomic E-state index is 3.25. The maximum Gasteiger partial charge on any atom is 0.0289 e. The Labute approximate surface area is 84.8 Å². The molecule has 2 aromatic rings. The van der Waals surface area contributed by atoms with Crippen molar-refractivity contribution < 1.29 is 0 Å². The van der Waals surface area contributed by atoms with Crippen LogP contribution in [0, 0.1) is 0 Å². The van der Waals surface area contributed by atoms with E-state index in [4.69, 9.17) is 0 Å². The molecule has 0 saturated carbocycles. The van der Waals surface area contributed by atoms with E-state index in [1.807, 2.05) is 7.05 Å². The molecular formula is C13H15N. The van der Waals surface area contributed by atoms with Gasteiger partial charge in [0.15, 0.2) is 0 Å². The standard InChI is InChI=1S/C13H15N/c1-10(14-2)12-8-7-11-5-3-4-6-13(11)9-12/h3-10,14H,1-2H3/t10-/m1/s1. The predicted octanol–water partition coefficient (Wildman–Crippen LogP) is 3.12. The van der Waals surface area contributed by atoms with Crippen LogP contribution in [0.5, 0.6) is 0 Å². The van der Waals surface area contributed by atoms with E-state index in [9.17, 15) is 0 Å². The third-order valence-corrected chi connectivity index (χ3v) is 2.71. The van der Waals surface area contributed by atoms with Gasteiger partial charge in [0.25, 0.3) is 0 Å². The van der Waals surface area contributed by atoms with Gasteiger partial charge in [0, 0.05) is 6.04 Å². The number of benzene rings is 2. The lowest BCUT2D eigenvalue weighted by molar-refractivity contribution is 0.653. The van der Waals surface area contributed by atoms with Gasteiger partial charge in [-0.3, -0.25) is 0 Å². The van der Waals surface area contributed by atoms with Crippen molar-refractivity contribution in [2.45, 2.75) is 13.0 Å². The van der Waals surface area contributed by atoms with Crippen LogP contribution >= 0.6 is 0 Å². The zero-order valence-corrected chi connectivity index (χ0v) is 8.62. The molecule has 0 radical (unpaired) electrons. The largest absolute Gasteiger partial charge is 0.313 e. The number of rotatable bonds is 2. The highest BCUT2D eigenvalue weighted by Gasteiger charge is 2.02. The zero-order valence-electron chi connectivity index (χ0n) is 8.62. The van der Waals surface area contributed by atoms with Gasteiger partial charge in [-0.1, -0.05) is 36.4 Å². The summed E-state index contributed by atoms with van der Waals surface area (Å²) in [5.74, 6) is 0. The highest BCUT2D eigenvalue weighted by molar-refractivity contribution is 5.83. The zero-order chi connectivity index (χ0) is 9.97. The van der Waals surface area contributed by atoms with Crippen LogP contribution in [0.25, 0.3) is 10.8 Å². The van der Waals surface area contributed by atoms with E-state index in [1.54, 1.807) is 0 Å². The van der Waals surface area contributed by atoms with Crippen molar-refractivity contribution in [2.75, 3.05) is 7.05 Å². The maximum absolute atomic E-state index is 3.25. The second kappa shape index (κ2) is 3.81. The topological polar surface area (TPSA) is 12.0 Å². The summed E-state index contributed by atoms with van der Waals surface area (Å²) < 4.78 is 0. The fourth-order valence-electron chi connectivity index (χ4n) is 1.64. The van der Waals surface area contributed by atoms with Crippen LogP contribution in [0.4, 0.5) is 0 Å². The molecule has 0 fully saturated rings. The van der Waals surface area contributed by atoms with Gasteiger partial charge in [-0.25, -0.2) is 0 Å². The average Bonchev–Trinajstić information content (AvgIpc) is 2.27. The molecule has 0 heterocycles. The molecule has 1 nitrogen and oxygen atoms in total. The smallest absolute Gasteiger partial charge is 0.0289 e. The minimum absolute atomic E-state index is 0.416. The van der Waals surface area contributed by atoms with Gasteiger partial charge in [-0.2, -0.15) is 0 Å². The van der Waals surface area contributed by atoms with Crippen molar-refractivity contribution in [1.29, 1.82) is 0 Å². The SMILES string of the molecule is CN[C@H](C)c1ccc2ccccc2c1. The van der Waals surface area contributed by atoms with Crippen LogP contribution in [-0.2, 0) is 0 Å². The molecule has 2 aromatic carbocycles. The molecular weight excluding hydrogens is 170 g/mol. The van der Waals surface area contributed by atoms with Crippen LogP contribution in [-0.4, -0.2) is 7.05 Å². The molecule has 14 heavy (non-hydrogen) atoms. The Morgan fingerprint density at radius 3 is 2.43 bits per heavy atom. The molecule has 0 spiro atoms. The van der Waals surface area contributed by atoms with Crippen molar-refractivity contribution in [3.63, 3.8) is 0 Å². The van der Waals surface area contributed by atoms with Crippen LogP contribution in [0.15, 0.2) is 42.5 Å². The number of hydrogen-bond donors (Lipinski definition) is 1. The van der Waals surface area contributed by atoms with E-state index in [0.29, 0.717) is 6.04 Å². The Bertz CT molecular complexity index is 434. The molecule has 0 saturated heterocycles. The fourth-order valence-corrected chi connectivity index (χ4v) is 1.64. The van der Waals surface area contributed by atoms with Gasteiger partial charge in [-0.05, 0) is 36.4 Å². The van der Waals surface area contributed by atoms with E-state index in [1.165, 1.54) is 16.3 Å². The summed E-state index contributed by atoms with van der Waals surface area (Å²) in [6.45, 7) is 2.17. The molecule has 2 rings (SSSR count). The lowest BCUT2D eigenvalue weighted by Crippen LogP contribution is -2.11. The first kappa shape index (κ1) is 9.22. The summed E-state index contributed by atoms with van der Waals surface area (Å²) in [6.07, 6.45) is 0. The summed E-state index contributed by atoms with van der Waals surface area (Å²) in [5.41, 5.74) is 1.34. The minimum Gasteiger partial charge on any atom is -0.313 e. The third kappa shape index (κ3) is 1.64. The van der Waals surface area contributed by atoms with Crippen LogP contribution in [0.2, 0.25) is 0 Å². The molecule has 0 aliphatic carbocycles. The summed E-state index contributed by atoms with van der Waals surface area (Å²) in [7, 11) is 1.99. The summed E-state index contributed by atoms with van der Waals surface area (Å²) in [4.78, 5) is 0. The second-order valence-electron chi connectivity index (χ2n) is 3.62. The molecule has 72 valence electrons. The van der Waals surface area contributed by atoms with Crippen LogP contribution < -0.4 is 5.32 Å². The highest BCUT2D eigenvalue weighted by atomic mass is 14.8. The minimum atomic E-state index is 0.416. The van der Waals surface area contributed by atoms with Gasteiger partial charge >= 0.3 is 0 Å². The number of hydrogen-bond acceptors (Lipinski definition) is 1. The van der Waals surface area contributed by atoms with E-state index in [0.717, 1.165) is 0 Å². The van der Waals surface area contributed by atoms with Crippen molar-refractivity contribution >= 4 is 10.8 Å². The van der Waals surface area contributed by atoms with Gasteiger partial charge < -0.3 is 5.32 Å². The van der Waals surface area contributed by atoms with E-state index in [2.05, 4.69) is 54.7 Å². The first-order chi connectivity index (χ1) is 6.81. The molecule has 0 aliphatic heterocycles. The Kier molecular flexibility index (Phi) is 2.51. The van der Waals surface area contributed by atoms with Crippen LogP contribution in [0.1, 0.15) is 18.5 Å². The molecule has 0 amide bonds. The Morgan fingerprint density at radius 2 is 1.71 bits per heavy atom. The third-order valence-electron chi connectivity index (χ3n) is 2.71. The van der Waals surface area contributed by atoms with Crippen LogP contribution in [0.3, 0.4) is 0 Å². The lowest BCUT2D eigenvalue weighted by atomic mass is 10.0. The lowest BCUT2D eigenvalue weighted by Gasteiger charge is -2.11. The Balaban J connectivity index is 2.51. The molecule has 0 aliphatic rings. The van der Waals surface area contributed by atoms with E-state index < -0.39 is 0 Å². The van der Waals surface area contributed by atoms with Crippen molar-refractivity contribution in [2.24, 2.45) is 0 Å². The Morgan fingerprint density at radius 1 is 1.00 bits per heavy atom. The summed E-state index contributed by atoms with van der Waals surface area (Å²) >= 11 is 0. The molecule has 1 N–H and O–H groups in total. The van der Waals surface area contributed by atoms with Gasteiger partial charge in [0.05, 0.1) is 0 Å². The molecule has 1 atom stereocenters. The quantitative estimate of drug-likeness (QED) is 0.758. The highest BCUT2D eigenvalue weighted by Crippen LogP contribution is 2.19. The number of fused-ring (bicyclic) bond motifs is 1. The van der Waals surface area contributed by atoms with Crippen molar-refractivity contribution in [1.82, 2.24) is 5.32 Å². The van der Waals surface area contributed by atoms with Gasteiger partial charge in [-0.15, -0.1) is 0 Å². The summed E-state index contributed by atoms with van der Waals surface area (Å²) in [5, 5.41) is 5.86. The predicted molar refractivity (Wildman–Crippen MR) is 61.4 cm³/mol. The molecule has 0 bridgehead atoms.